The van der Waals surface area contributed by atoms with Crippen molar-refractivity contribution >= 4 is 0 Å². The second-order valence-electron chi connectivity index (χ2n) is 5.81. The number of nitrogens with one attached hydrogen (secondary N) is 1. The fraction of sp³-hybridized carbons (Fsp3) is 0.647. The van der Waals surface area contributed by atoms with E-state index in [1.807, 2.05) is 0 Å². The zero-order chi connectivity index (χ0) is 14.2. The minimum absolute atomic E-state index is 0.668. The van der Waals surface area contributed by atoms with E-state index < -0.39 is 0 Å². The Bertz CT molecular complexity index is 394. The van der Waals surface area contributed by atoms with Gasteiger partial charge >= 0.3 is 0 Å². The van der Waals surface area contributed by atoms with Gasteiger partial charge in [0.2, 0.25) is 0 Å². The van der Waals surface area contributed by atoms with Crippen molar-refractivity contribution in [3.05, 3.63) is 35.4 Å². The van der Waals surface area contributed by atoms with Gasteiger partial charge in [0.15, 0.2) is 0 Å². The molecule has 1 aromatic rings. The largest absolute Gasteiger partial charge is 0.383 e. The average molecular weight is 276 g/mol. The molecule has 1 atom stereocenters. The molecule has 1 aromatic carbocycles. The highest BCUT2D eigenvalue weighted by molar-refractivity contribution is 5.22. The Morgan fingerprint density at radius 3 is 3.05 bits per heavy atom. The van der Waals surface area contributed by atoms with Crippen LogP contribution in [0.25, 0.3) is 0 Å². The molecular weight excluding hydrogens is 248 g/mol. The van der Waals surface area contributed by atoms with E-state index in [1.165, 1.54) is 36.9 Å². The summed E-state index contributed by atoms with van der Waals surface area (Å²) in [6.07, 6.45) is 4.01. The van der Waals surface area contributed by atoms with Crippen LogP contribution in [0.1, 0.15) is 30.4 Å². The molecule has 0 aliphatic carbocycles. The van der Waals surface area contributed by atoms with Crippen LogP contribution >= 0.6 is 0 Å². The Balaban J connectivity index is 1.86. The number of aryl methyl sites for hydroxylation is 1. The van der Waals surface area contributed by atoms with E-state index >= 15 is 0 Å². The van der Waals surface area contributed by atoms with Gasteiger partial charge in [0.05, 0.1) is 6.61 Å². The fourth-order valence-corrected chi connectivity index (χ4v) is 2.99. The third-order valence-corrected chi connectivity index (χ3v) is 4.08. The normalized spacial score (nSPS) is 20.2. The first-order chi connectivity index (χ1) is 9.79. The van der Waals surface area contributed by atoms with E-state index in [1.54, 1.807) is 7.11 Å². The second kappa shape index (κ2) is 8.40. The van der Waals surface area contributed by atoms with Crippen molar-refractivity contribution in [1.29, 1.82) is 0 Å². The lowest BCUT2D eigenvalue weighted by molar-refractivity contribution is 0.133. The van der Waals surface area contributed by atoms with Crippen LogP contribution in [0.15, 0.2) is 24.3 Å². The van der Waals surface area contributed by atoms with E-state index in [-0.39, 0.29) is 0 Å². The first-order valence-corrected chi connectivity index (χ1v) is 7.79. The Hall–Kier alpha value is -0.900. The van der Waals surface area contributed by atoms with Crippen molar-refractivity contribution in [3.8, 4) is 0 Å². The van der Waals surface area contributed by atoms with Crippen LogP contribution in [0.2, 0.25) is 0 Å². The molecule has 0 radical (unpaired) electrons. The van der Waals surface area contributed by atoms with Gasteiger partial charge in [-0.3, -0.25) is 4.90 Å². The van der Waals surface area contributed by atoms with E-state index in [2.05, 4.69) is 41.4 Å². The van der Waals surface area contributed by atoms with Gasteiger partial charge in [0.1, 0.15) is 0 Å². The number of likely N-dealkylation sites (tertiary alicyclic amines) is 1. The minimum Gasteiger partial charge on any atom is -0.383 e. The molecule has 0 aromatic heterocycles. The van der Waals surface area contributed by atoms with Crippen LogP contribution in [0, 0.1) is 6.92 Å². The first kappa shape index (κ1) is 15.5. The van der Waals surface area contributed by atoms with E-state index in [4.69, 9.17) is 4.74 Å². The summed E-state index contributed by atoms with van der Waals surface area (Å²) in [5.74, 6) is 0. The smallest absolute Gasteiger partial charge is 0.0587 e. The van der Waals surface area contributed by atoms with Gasteiger partial charge in [-0.05, 0) is 31.9 Å². The van der Waals surface area contributed by atoms with Gasteiger partial charge < -0.3 is 10.1 Å². The molecule has 1 N–H and O–H groups in total. The summed E-state index contributed by atoms with van der Waals surface area (Å²) in [5, 5.41) is 3.52. The monoisotopic (exact) mass is 276 g/mol. The van der Waals surface area contributed by atoms with Gasteiger partial charge in [0, 0.05) is 32.8 Å². The molecule has 2 rings (SSSR count). The molecule has 1 saturated heterocycles. The van der Waals surface area contributed by atoms with Crippen LogP contribution < -0.4 is 5.32 Å². The summed E-state index contributed by atoms with van der Waals surface area (Å²) in [7, 11) is 1.76. The number of hydrogen-bond acceptors (Lipinski definition) is 3. The molecule has 1 fully saturated rings. The van der Waals surface area contributed by atoms with Crippen LogP contribution in [0.3, 0.4) is 0 Å². The van der Waals surface area contributed by atoms with Gasteiger partial charge in [-0.15, -0.1) is 0 Å². The number of ether oxygens (including phenoxy) is 1. The van der Waals surface area contributed by atoms with Crippen molar-refractivity contribution in [2.24, 2.45) is 0 Å². The Morgan fingerprint density at radius 2 is 2.25 bits per heavy atom. The zero-order valence-electron chi connectivity index (χ0n) is 12.9. The van der Waals surface area contributed by atoms with Gasteiger partial charge in [-0.1, -0.05) is 36.2 Å². The molecule has 0 spiro atoms. The van der Waals surface area contributed by atoms with Crippen molar-refractivity contribution in [2.45, 2.75) is 38.8 Å². The van der Waals surface area contributed by atoms with E-state index in [0.717, 1.165) is 26.2 Å². The van der Waals surface area contributed by atoms with Gasteiger partial charge in [0.25, 0.3) is 0 Å². The van der Waals surface area contributed by atoms with Crippen LogP contribution in [-0.2, 0) is 11.3 Å². The molecule has 1 unspecified atom stereocenters. The van der Waals surface area contributed by atoms with E-state index in [9.17, 15) is 0 Å². The number of rotatable bonds is 7. The van der Waals surface area contributed by atoms with Crippen LogP contribution in [0.4, 0.5) is 0 Å². The molecule has 20 heavy (non-hydrogen) atoms. The van der Waals surface area contributed by atoms with Gasteiger partial charge in [-0.2, -0.15) is 0 Å². The van der Waals surface area contributed by atoms with Crippen LogP contribution in [0.5, 0.6) is 0 Å². The predicted octanol–water partition coefficient (Wildman–Crippen LogP) is 2.59. The van der Waals surface area contributed by atoms with Crippen LogP contribution in [-0.4, -0.2) is 44.3 Å². The quantitative estimate of drug-likeness (QED) is 0.775. The molecule has 0 saturated carbocycles. The standard InChI is InChI=1S/C17H28N2O/c1-15-6-5-7-16(12-15)14-19-10-4-3-8-17(19)13-18-9-11-20-2/h5-7,12,17-18H,3-4,8-11,13-14H2,1-2H3. The summed E-state index contributed by atoms with van der Waals surface area (Å²) >= 11 is 0. The first-order valence-electron chi connectivity index (χ1n) is 7.79. The summed E-state index contributed by atoms with van der Waals surface area (Å²) in [6.45, 7) is 7.30. The lowest BCUT2D eigenvalue weighted by Crippen LogP contribution is -2.45. The zero-order valence-corrected chi connectivity index (χ0v) is 12.9. The molecule has 3 nitrogen and oxygen atoms in total. The molecule has 3 heteroatoms. The number of hydrogen-bond donors (Lipinski definition) is 1. The third kappa shape index (κ3) is 4.89. The highest BCUT2D eigenvalue weighted by Gasteiger charge is 2.21. The second-order valence-corrected chi connectivity index (χ2v) is 5.81. The molecule has 112 valence electrons. The molecule has 0 amide bonds. The summed E-state index contributed by atoms with van der Waals surface area (Å²) in [6, 6.07) is 9.56. The number of benzene rings is 1. The maximum Gasteiger partial charge on any atom is 0.0587 e. The average Bonchev–Trinajstić information content (AvgIpc) is 2.45. The minimum atomic E-state index is 0.668. The summed E-state index contributed by atoms with van der Waals surface area (Å²) in [5.41, 5.74) is 2.79. The van der Waals surface area contributed by atoms with E-state index in [0.29, 0.717) is 6.04 Å². The molecule has 1 aliphatic rings. The maximum absolute atomic E-state index is 5.09. The van der Waals surface area contributed by atoms with Crippen molar-refractivity contribution in [3.63, 3.8) is 0 Å². The Morgan fingerprint density at radius 1 is 1.35 bits per heavy atom. The maximum atomic E-state index is 5.09. The highest BCUT2D eigenvalue weighted by atomic mass is 16.5. The highest BCUT2D eigenvalue weighted by Crippen LogP contribution is 2.19. The molecular formula is C17H28N2O. The van der Waals surface area contributed by atoms with Crippen molar-refractivity contribution in [2.75, 3.05) is 33.4 Å². The lowest BCUT2D eigenvalue weighted by Gasteiger charge is -2.36. The van der Waals surface area contributed by atoms with Crippen molar-refractivity contribution < 1.29 is 4.74 Å². The SMILES string of the molecule is COCCNCC1CCCCN1Cc1cccc(C)c1. The molecule has 1 heterocycles. The third-order valence-electron chi connectivity index (χ3n) is 4.08. The summed E-state index contributed by atoms with van der Waals surface area (Å²) in [4.78, 5) is 2.64. The lowest BCUT2D eigenvalue weighted by atomic mass is 10.0. The van der Waals surface area contributed by atoms with Gasteiger partial charge in [-0.25, -0.2) is 0 Å². The Kier molecular flexibility index (Phi) is 6.51. The number of nitrogens with zero attached hydrogens (tertiary/aromatic N) is 1. The predicted molar refractivity (Wildman–Crippen MR) is 84.0 cm³/mol. The molecule has 0 bridgehead atoms. The van der Waals surface area contributed by atoms with Crippen molar-refractivity contribution in [1.82, 2.24) is 10.2 Å². The number of methoxy groups -OCH3 is 1. The fourth-order valence-electron chi connectivity index (χ4n) is 2.99. The topological polar surface area (TPSA) is 24.5 Å². The Labute approximate surface area is 123 Å². The number of piperidine rings is 1. The summed E-state index contributed by atoms with van der Waals surface area (Å²) < 4.78 is 5.09. The molecule has 1 aliphatic heterocycles.